The minimum Gasteiger partial charge on any atom is -0.422 e. The van der Waals surface area contributed by atoms with Gasteiger partial charge in [0.15, 0.2) is 11.7 Å². The van der Waals surface area contributed by atoms with Gasteiger partial charge in [0.1, 0.15) is 5.58 Å². The number of hydrogen-bond donors (Lipinski definition) is 6. The Hall–Kier alpha value is -3.77. The maximum Gasteiger partial charge on any atom is 0.341 e. The Kier molecular flexibility index (Phi) is 8.86. The Bertz CT molecular complexity index is 1080. The zero-order valence-corrected chi connectivity index (χ0v) is 17.4. The number of amides is 2. The minimum atomic E-state index is -1.03. The van der Waals surface area contributed by atoms with E-state index in [9.17, 15) is 19.2 Å². The fourth-order valence-corrected chi connectivity index (χ4v) is 3.10. The molecule has 0 aliphatic rings. The molecule has 32 heavy (non-hydrogen) atoms. The lowest BCUT2D eigenvalue weighted by molar-refractivity contribution is -0.125. The second-order valence-electron chi connectivity index (χ2n) is 6.86. The summed E-state index contributed by atoms with van der Waals surface area (Å²) in [6, 6.07) is 5.51. The number of hydrogen-bond acceptors (Lipinski definition) is 8. The van der Waals surface area contributed by atoms with Crippen LogP contribution in [0.3, 0.4) is 0 Å². The van der Waals surface area contributed by atoms with E-state index in [1.54, 1.807) is 24.3 Å². The third-order valence-corrected chi connectivity index (χ3v) is 4.59. The molecule has 1 aromatic heterocycles. The van der Waals surface area contributed by atoms with Gasteiger partial charge in [0.2, 0.25) is 11.8 Å². The van der Waals surface area contributed by atoms with Crippen LogP contribution in [0.2, 0.25) is 0 Å². The fraction of sp³-hybridized carbons (Fsp3) is 0.350. The molecule has 0 aliphatic carbocycles. The number of Topliss-reactive ketones (excluding diaryl/α,β-unsaturated/α-hetero) is 1. The molecule has 172 valence electrons. The van der Waals surface area contributed by atoms with E-state index >= 15 is 0 Å². The number of ketones is 1. The monoisotopic (exact) mass is 445 g/mol. The number of carbonyl (C=O) groups is 3. The second kappa shape index (κ2) is 11.6. The van der Waals surface area contributed by atoms with E-state index in [1.165, 1.54) is 0 Å². The number of benzene rings is 1. The highest BCUT2D eigenvalue weighted by Crippen LogP contribution is 2.22. The van der Waals surface area contributed by atoms with Crippen molar-refractivity contribution < 1.29 is 18.8 Å². The number of para-hydroxylation sites is 1. The molecule has 2 amide bonds. The summed E-state index contributed by atoms with van der Waals surface area (Å²) in [4.78, 5) is 53.4. The van der Waals surface area contributed by atoms with Crippen molar-refractivity contribution in [3.63, 3.8) is 0 Å². The Morgan fingerprint density at radius 3 is 2.47 bits per heavy atom. The molecule has 1 heterocycles. The highest BCUT2D eigenvalue weighted by atomic mass is 16.4. The number of nitrogens with zero attached hydrogens (tertiary/aromatic N) is 1. The SMILES string of the molecule is NCC(=O)NCC(=O)N[C@@H](CCCN=C(N)N)C(=O)c1c(CN)c(=O)oc2ccccc12. The van der Waals surface area contributed by atoms with Crippen molar-refractivity contribution in [2.24, 2.45) is 27.9 Å². The number of nitrogens with two attached hydrogens (primary N) is 4. The third kappa shape index (κ3) is 6.36. The van der Waals surface area contributed by atoms with Gasteiger partial charge < -0.3 is 38.0 Å². The Morgan fingerprint density at radius 1 is 1.09 bits per heavy atom. The maximum atomic E-state index is 13.5. The van der Waals surface area contributed by atoms with Crippen LogP contribution in [-0.4, -0.2) is 49.2 Å². The molecule has 0 spiro atoms. The van der Waals surface area contributed by atoms with Crippen molar-refractivity contribution in [3.05, 3.63) is 45.8 Å². The molecular formula is C20H27N7O5. The van der Waals surface area contributed by atoms with Gasteiger partial charge in [0, 0.05) is 24.0 Å². The van der Waals surface area contributed by atoms with Crippen LogP contribution in [0.5, 0.6) is 0 Å². The summed E-state index contributed by atoms with van der Waals surface area (Å²) < 4.78 is 5.26. The van der Waals surface area contributed by atoms with Crippen LogP contribution >= 0.6 is 0 Å². The summed E-state index contributed by atoms with van der Waals surface area (Å²) in [5, 5.41) is 5.32. The van der Waals surface area contributed by atoms with Crippen LogP contribution < -0.4 is 39.2 Å². The molecule has 0 unspecified atom stereocenters. The van der Waals surface area contributed by atoms with E-state index in [-0.39, 0.29) is 55.3 Å². The first-order valence-electron chi connectivity index (χ1n) is 9.89. The number of nitrogens with one attached hydrogen (secondary N) is 2. The number of guanidine groups is 1. The maximum absolute atomic E-state index is 13.5. The van der Waals surface area contributed by atoms with Crippen molar-refractivity contribution in [1.29, 1.82) is 0 Å². The van der Waals surface area contributed by atoms with Gasteiger partial charge >= 0.3 is 5.63 Å². The van der Waals surface area contributed by atoms with E-state index < -0.39 is 29.3 Å². The molecule has 2 rings (SSSR count). The van der Waals surface area contributed by atoms with Crippen molar-refractivity contribution in [2.75, 3.05) is 19.6 Å². The van der Waals surface area contributed by atoms with Crippen molar-refractivity contribution in [1.82, 2.24) is 10.6 Å². The first-order chi connectivity index (χ1) is 15.3. The molecule has 10 N–H and O–H groups in total. The average molecular weight is 445 g/mol. The van der Waals surface area contributed by atoms with E-state index in [1.807, 2.05) is 0 Å². The summed E-state index contributed by atoms with van der Waals surface area (Å²) in [6.07, 6.45) is 0.534. The highest BCUT2D eigenvalue weighted by Gasteiger charge is 2.27. The molecular weight excluding hydrogens is 418 g/mol. The zero-order chi connectivity index (χ0) is 23.7. The molecule has 12 nitrogen and oxygen atoms in total. The number of aliphatic imine (C=N–C) groups is 1. The molecule has 12 heteroatoms. The van der Waals surface area contributed by atoms with Crippen LogP contribution in [0.15, 0.2) is 38.5 Å². The third-order valence-electron chi connectivity index (χ3n) is 4.59. The summed E-state index contributed by atoms with van der Waals surface area (Å²) in [7, 11) is 0. The predicted octanol–water partition coefficient (Wildman–Crippen LogP) is -1.95. The van der Waals surface area contributed by atoms with Gasteiger partial charge in [-0.15, -0.1) is 0 Å². The molecule has 1 atom stereocenters. The Balaban J connectivity index is 2.38. The molecule has 0 fully saturated rings. The lowest BCUT2D eigenvalue weighted by Gasteiger charge is -2.20. The van der Waals surface area contributed by atoms with Crippen molar-refractivity contribution >= 4 is 34.5 Å². The first-order valence-corrected chi connectivity index (χ1v) is 9.89. The van der Waals surface area contributed by atoms with Crippen molar-refractivity contribution in [2.45, 2.75) is 25.4 Å². The molecule has 0 saturated heterocycles. The number of rotatable bonds is 11. The van der Waals surface area contributed by atoms with Gasteiger partial charge in [-0.05, 0) is 18.9 Å². The minimum absolute atomic E-state index is 0.00797. The second-order valence-corrected chi connectivity index (χ2v) is 6.86. The van der Waals surface area contributed by atoms with E-state index in [2.05, 4.69) is 15.6 Å². The standard InChI is InChI=1S/C20H27N7O5/c21-8-12-17(11-4-1-2-6-14(11)32-19(12)31)18(30)13(5-3-7-25-20(23)24)27-16(29)10-26-15(28)9-22/h1-2,4,6,13H,3,5,7-10,21-22H2,(H,26,28)(H,27,29)(H4,23,24,25)/t13-/m0/s1. The van der Waals surface area contributed by atoms with E-state index in [0.717, 1.165) is 0 Å². The molecule has 1 aromatic carbocycles. The normalized spacial score (nSPS) is 11.6. The van der Waals surface area contributed by atoms with Gasteiger partial charge in [-0.25, -0.2) is 4.79 Å². The zero-order valence-electron chi connectivity index (χ0n) is 17.4. The van der Waals surface area contributed by atoms with Gasteiger partial charge in [-0.3, -0.25) is 19.4 Å². The summed E-state index contributed by atoms with van der Waals surface area (Å²) in [5.41, 5.74) is 21.2. The number of fused-ring (bicyclic) bond motifs is 1. The van der Waals surface area contributed by atoms with Crippen LogP contribution in [-0.2, 0) is 16.1 Å². The van der Waals surface area contributed by atoms with Crippen molar-refractivity contribution in [3.8, 4) is 0 Å². The Morgan fingerprint density at radius 2 is 1.81 bits per heavy atom. The molecule has 0 radical (unpaired) electrons. The molecule has 0 bridgehead atoms. The van der Waals surface area contributed by atoms with E-state index in [4.69, 9.17) is 27.4 Å². The fourth-order valence-electron chi connectivity index (χ4n) is 3.10. The predicted molar refractivity (Wildman–Crippen MR) is 119 cm³/mol. The molecule has 0 aliphatic heterocycles. The lowest BCUT2D eigenvalue weighted by Crippen LogP contribution is -2.47. The summed E-state index contributed by atoms with van der Waals surface area (Å²) in [5.74, 6) is -1.74. The average Bonchev–Trinajstić information content (AvgIpc) is 2.77. The van der Waals surface area contributed by atoms with Gasteiger partial charge in [0.05, 0.1) is 24.7 Å². The topological polar surface area (TPSA) is 222 Å². The number of carbonyl (C=O) groups excluding carboxylic acids is 3. The molecule has 2 aromatic rings. The molecule has 0 saturated carbocycles. The van der Waals surface area contributed by atoms with Crippen LogP contribution in [0, 0.1) is 0 Å². The highest BCUT2D eigenvalue weighted by molar-refractivity contribution is 6.11. The Labute approximate surface area is 183 Å². The largest absolute Gasteiger partial charge is 0.422 e. The van der Waals surface area contributed by atoms with Crippen LogP contribution in [0.25, 0.3) is 11.0 Å². The van der Waals surface area contributed by atoms with Gasteiger partial charge in [0.25, 0.3) is 0 Å². The smallest absolute Gasteiger partial charge is 0.341 e. The van der Waals surface area contributed by atoms with E-state index in [0.29, 0.717) is 11.8 Å². The summed E-state index contributed by atoms with van der Waals surface area (Å²) in [6.45, 7) is -0.641. The lowest BCUT2D eigenvalue weighted by atomic mass is 9.94. The quantitative estimate of drug-likeness (QED) is 0.0742. The van der Waals surface area contributed by atoms with Gasteiger partial charge in [-0.1, -0.05) is 18.2 Å². The summed E-state index contributed by atoms with van der Waals surface area (Å²) >= 11 is 0. The van der Waals surface area contributed by atoms with Crippen LogP contribution in [0.4, 0.5) is 0 Å². The van der Waals surface area contributed by atoms with Crippen LogP contribution in [0.1, 0.15) is 28.8 Å². The van der Waals surface area contributed by atoms with Gasteiger partial charge in [-0.2, -0.15) is 0 Å². The first kappa shape index (κ1) is 24.5.